The van der Waals surface area contributed by atoms with Gasteiger partial charge in [0, 0.05) is 12.5 Å². The number of carbonyl (C=O) groups excluding carboxylic acids is 2. The molecule has 0 unspecified atom stereocenters. The number of ketones is 1. The molecule has 1 aliphatic rings. The first kappa shape index (κ1) is 12.3. The fraction of sp³-hybridized carbons (Fsp3) is 0.200. The number of rotatable bonds is 4. The second-order valence-corrected chi connectivity index (χ2v) is 4.24. The Bertz CT molecular complexity index is 555. The molecule has 1 N–H and O–H groups in total. The lowest BCUT2D eigenvalue weighted by atomic mass is 10.0. The van der Waals surface area contributed by atoms with Crippen molar-refractivity contribution in [3.63, 3.8) is 0 Å². The van der Waals surface area contributed by atoms with Crippen LogP contribution in [0.2, 0.25) is 0 Å². The Morgan fingerprint density at radius 2 is 2.00 bits per heavy atom. The number of nitrogens with one attached hydrogen (secondary N) is 1. The molecule has 1 aromatic carbocycles. The number of allylic oxidation sites excluding steroid dienone is 3. The lowest BCUT2D eigenvalue weighted by Gasteiger charge is -2.06. The molecule has 0 radical (unpaired) electrons. The van der Waals surface area contributed by atoms with Crippen molar-refractivity contribution < 1.29 is 9.59 Å². The maximum Gasteiger partial charge on any atom is 0.221 e. The van der Waals surface area contributed by atoms with E-state index >= 15 is 0 Å². The minimum absolute atomic E-state index is 0.0973. The first-order valence-corrected chi connectivity index (χ1v) is 5.91. The molecule has 1 amide bonds. The normalized spacial score (nSPS) is 13.5. The summed E-state index contributed by atoms with van der Waals surface area (Å²) in [6.45, 7) is 5.10. The van der Waals surface area contributed by atoms with Crippen molar-refractivity contribution in [2.45, 2.75) is 19.8 Å². The average Bonchev–Trinajstić information content (AvgIpc) is 2.61. The molecule has 2 rings (SSSR count). The molecule has 0 saturated heterocycles. The van der Waals surface area contributed by atoms with Gasteiger partial charge in [-0.15, -0.1) is 6.58 Å². The summed E-state index contributed by atoms with van der Waals surface area (Å²) in [5, 5.41) is 2.65. The minimum atomic E-state index is -0.220. The van der Waals surface area contributed by atoms with Crippen LogP contribution in [-0.4, -0.2) is 11.7 Å². The fourth-order valence-electron chi connectivity index (χ4n) is 2.16. The van der Waals surface area contributed by atoms with E-state index in [4.69, 9.17) is 0 Å². The van der Waals surface area contributed by atoms with E-state index in [1.165, 1.54) is 6.92 Å². The average molecular weight is 241 g/mol. The largest absolute Gasteiger partial charge is 0.323 e. The highest BCUT2D eigenvalue weighted by Gasteiger charge is 2.29. The Morgan fingerprint density at radius 1 is 1.33 bits per heavy atom. The van der Waals surface area contributed by atoms with Gasteiger partial charge in [-0.25, -0.2) is 0 Å². The van der Waals surface area contributed by atoms with Gasteiger partial charge >= 0.3 is 0 Å². The molecule has 18 heavy (non-hydrogen) atoms. The van der Waals surface area contributed by atoms with Crippen molar-refractivity contribution >= 4 is 17.3 Å². The van der Waals surface area contributed by atoms with Gasteiger partial charge < -0.3 is 5.32 Å². The van der Waals surface area contributed by atoms with Crippen LogP contribution < -0.4 is 5.32 Å². The standard InChI is InChI=1S/C15H15NO2/c1-3-4-7-12-11-8-5-6-9-13(11)15(18)14(12)16-10(2)17/h3,5-6,8-9H,1,4,7H2,2H3,(H,16,17,18). The molecule has 1 aliphatic carbocycles. The monoisotopic (exact) mass is 241 g/mol. The summed E-state index contributed by atoms with van der Waals surface area (Å²) >= 11 is 0. The highest BCUT2D eigenvalue weighted by Crippen LogP contribution is 2.34. The number of carbonyl (C=O) groups is 2. The lowest BCUT2D eigenvalue weighted by molar-refractivity contribution is -0.118. The molecule has 0 spiro atoms. The zero-order valence-electron chi connectivity index (χ0n) is 10.3. The molecular formula is C15H15NO2. The summed E-state index contributed by atoms with van der Waals surface area (Å²) in [5.41, 5.74) is 2.92. The van der Waals surface area contributed by atoms with Crippen molar-refractivity contribution in [3.8, 4) is 0 Å². The molecule has 0 atom stereocenters. The van der Waals surface area contributed by atoms with Gasteiger partial charge in [-0.05, 0) is 24.0 Å². The Morgan fingerprint density at radius 3 is 2.61 bits per heavy atom. The summed E-state index contributed by atoms with van der Waals surface area (Å²) in [4.78, 5) is 23.4. The topological polar surface area (TPSA) is 46.2 Å². The van der Waals surface area contributed by atoms with Crippen LogP contribution in [0.25, 0.3) is 5.57 Å². The van der Waals surface area contributed by atoms with Crippen molar-refractivity contribution in [1.29, 1.82) is 0 Å². The van der Waals surface area contributed by atoms with Crippen LogP contribution in [0.1, 0.15) is 35.7 Å². The van der Waals surface area contributed by atoms with E-state index in [0.29, 0.717) is 17.7 Å². The zero-order chi connectivity index (χ0) is 13.1. The van der Waals surface area contributed by atoms with E-state index in [1.807, 2.05) is 24.3 Å². The van der Waals surface area contributed by atoms with Crippen LogP contribution in [0, 0.1) is 0 Å². The van der Waals surface area contributed by atoms with Gasteiger partial charge in [0.15, 0.2) is 0 Å². The first-order chi connectivity index (χ1) is 8.65. The Hall–Kier alpha value is -2.16. The summed E-state index contributed by atoms with van der Waals surface area (Å²) in [6, 6.07) is 7.44. The third-order valence-corrected chi connectivity index (χ3v) is 2.93. The summed E-state index contributed by atoms with van der Waals surface area (Å²) < 4.78 is 0. The number of hydrogen-bond acceptors (Lipinski definition) is 2. The molecule has 0 saturated carbocycles. The molecule has 3 nitrogen and oxygen atoms in total. The predicted molar refractivity (Wildman–Crippen MR) is 70.9 cm³/mol. The number of benzene rings is 1. The maximum atomic E-state index is 12.2. The molecule has 92 valence electrons. The van der Waals surface area contributed by atoms with Crippen molar-refractivity contribution in [3.05, 3.63) is 53.7 Å². The maximum absolute atomic E-state index is 12.2. The molecule has 3 heteroatoms. The van der Waals surface area contributed by atoms with Gasteiger partial charge in [0.1, 0.15) is 0 Å². The van der Waals surface area contributed by atoms with Gasteiger partial charge in [-0.2, -0.15) is 0 Å². The number of amides is 1. The van der Waals surface area contributed by atoms with Crippen LogP contribution in [0.3, 0.4) is 0 Å². The molecule has 0 heterocycles. The molecule has 0 bridgehead atoms. The Labute approximate surface area is 106 Å². The first-order valence-electron chi connectivity index (χ1n) is 5.91. The van der Waals surface area contributed by atoms with E-state index in [1.54, 1.807) is 6.07 Å². The van der Waals surface area contributed by atoms with Crippen LogP contribution in [0.15, 0.2) is 42.6 Å². The second-order valence-electron chi connectivity index (χ2n) is 4.24. The van der Waals surface area contributed by atoms with Gasteiger partial charge in [-0.3, -0.25) is 9.59 Å². The van der Waals surface area contributed by atoms with Crippen LogP contribution in [0.4, 0.5) is 0 Å². The smallest absolute Gasteiger partial charge is 0.221 e. The lowest BCUT2D eigenvalue weighted by Crippen LogP contribution is -2.23. The molecule has 0 fully saturated rings. The van der Waals surface area contributed by atoms with E-state index in [-0.39, 0.29) is 11.7 Å². The molecule has 0 aliphatic heterocycles. The second kappa shape index (κ2) is 5.00. The number of Topliss-reactive ketones (excluding diaryl/α,β-unsaturated/α-hetero) is 1. The summed E-state index contributed by atoms with van der Waals surface area (Å²) in [7, 11) is 0. The summed E-state index contributed by atoms with van der Waals surface area (Å²) in [6.07, 6.45) is 3.30. The van der Waals surface area contributed by atoms with Crippen LogP contribution in [-0.2, 0) is 4.79 Å². The fourth-order valence-corrected chi connectivity index (χ4v) is 2.16. The van der Waals surface area contributed by atoms with Crippen LogP contribution in [0.5, 0.6) is 0 Å². The number of hydrogen-bond donors (Lipinski definition) is 1. The Kier molecular flexibility index (Phi) is 3.42. The third-order valence-electron chi connectivity index (χ3n) is 2.93. The Balaban J connectivity index is 2.46. The van der Waals surface area contributed by atoms with E-state index < -0.39 is 0 Å². The predicted octanol–water partition coefficient (Wildman–Crippen LogP) is 2.70. The SMILES string of the molecule is C=CCCC1=C(NC(C)=O)C(=O)c2ccccc21. The zero-order valence-corrected chi connectivity index (χ0v) is 10.3. The summed E-state index contributed by atoms with van der Waals surface area (Å²) in [5.74, 6) is -0.317. The quantitative estimate of drug-likeness (QED) is 0.824. The third kappa shape index (κ3) is 2.12. The van der Waals surface area contributed by atoms with Crippen molar-refractivity contribution in [2.24, 2.45) is 0 Å². The van der Waals surface area contributed by atoms with Gasteiger partial charge in [0.25, 0.3) is 0 Å². The molecule has 0 aromatic heterocycles. The number of fused-ring (bicyclic) bond motifs is 1. The van der Waals surface area contributed by atoms with E-state index in [9.17, 15) is 9.59 Å². The van der Waals surface area contributed by atoms with Gasteiger partial charge in [0.05, 0.1) is 5.70 Å². The van der Waals surface area contributed by atoms with E-state index in [2.05, 4.69) is 11.9 Å². The van der Waals surface area contributed by atoms with Gasteiger partial charge in [0.2, 0.25) is 11.7 Å². The van der Waals surface area contributed by atoms with Crippen LogP contribution >= 0.6 is 0 Å². The molecular weight excluding hydrogens is 226 g/mol. The van der Waals surface area contributed by atoms with Crippen molar-refractivity contribution in [2.75, 3.05) is 0 Å². The highest BCUT2D eigenvalue weighted by molar-refractivity contribution is 6.21. The highest BCUT2D eigenvalue weighted by atomic mass is 16.2. The van der Waals surface area contributed by atoms with Crippen molar-refractivity contribution in [1.82, 2.24) is 5.32 Å². The molecule has 1 aromatic rings. The van der Waals surface area contributed by atoms with Gasteiger partial charge in [-0.1, -0.05) is 30.3 Å². The minimum Gasteiger partial charge on any atom is -0.323 e. The van der Waals surface area contributed by atoms with E-state index in [0.717, 1.165) is 17.6 Å².